The molecule has 1 aromatic carbocycles. The number of anilines is 2. The third kappa shape index (κ3) is 4.55. The van der Waals surface area contributed by atoms with Crippen molar-refractivity contribution < 1.29 is 4.79 Å². The summed E-state index contributed by atoms with van der Waals surface area (Å²) in [5.74, 6) is -0.193. The summed E-state index contributed by atoms with van der Waals surface area (Å²) < 4.78 is 0. The Hall–Kier alpha value is -2.92. The molecular weight excluding hydrogens is 336 g/mol. The molecule has 5 nitrogen and oxygen atoms in total. The zero-order valence-corrected chi connectivity index (χ0v) is 14.4. The van der Waals surface area contributed by atoms with Crippen molar-refractivity contribution in [2.45, 2.75) is 13.5 Å². The van der Waals surface area contributed by atoms with Gasteiger partial charge in [-0.25, -0.2) is 0 Å². The Morgan fingerprint density at radius 3 is 2.72 bits per heavy atom. The number of nitrogens with zero attached hydrogens (tertiary/aromatic N) is 2. The van der Waals surface area contributed by atoms with Gasteiger partial charge in [-0.15, -0.1) is 0 Å². The van der Waals surface area contributed by atoms with Crippen LogP contribution in [0.3, 0.4) is 0 Å². The van der Waals surface area contributed by atoms with E-state index in [-0.39, 0.29) is 5.91 Å². The Bertz CT molecular complexity index is 884. The molecule has 126 valence electrons. The van der Waals surface area contributed by atoms with Crippen LogP contribution in [0.25, 0.3) is 0 Å². The molecule has 0 unspecified atom stereocenters. The minimum atomic E-state index is -0.193. The number of aryl methyl sites for hydroxylation is 1. The van der Waals surface area contributed by atoms with Crippen molar-refractivity contribution in [2.24, 2.45) is 0 Å². The highest BCUT2D eigenvalue weighted by molar-refractivity contribution is 6.31. The number of amides is 1. The quantitative estimate of drug-likeness (QED) is 0.725. The van der Waals surface area contributed by atoms with Crippen molar-refractivity contribution in [3.8, 4) is 0 Å². The number of hydrogen-bond acceptors (Lipinski definition) is 4. The van der Waals surface area contributed by atoms with Crippen LogP contribution in [0.2, 0.25) is 5.02 Å². The van der Waals surface area contributed by atoms with E-state index in [1.165, 1.54) is 6.20 Å². The summed E-state index contributed by atoms with van der Waals surface area (Å²) in [6.07, 6.45) is 6.61. The molecule has 3 rings (SSSR count). The Kier molecular flexibility index (Phi) is 5.26. The zero-order chi connectivity index (χ0) is 17.6. The van der Waals surface area contributed by atoms with Crippen LogP contribution in [-0.2, 0) is 6.54 Å². The fraction of sp³-hybridized carbons (Fsp3) is 0.105. The molecule has 2 heterocycles. The van der Waals surface area contributed by atoms with E-state index in [1.807, 2.05) is 37.3 Å². The lowest BCUT2D eigenvalue weighted by molar-refractivity contribution is 0.0950. The number of carbonyl (C=O) groups is 1. The average molecular weight is 353 g/mol. The number of hydrogen-bond donors (Lipinski definition) is 2. The number of rotatable bonds is 5. The van der Waals surface area contributed by atoms with Gasteiger partial charge in [0.1, 0.15) is 0 Å². The monoisotopic (exact) mass is 352 g/mol. The summed E-state index contributed by atoms with van der Waals surface area (Å²) in [7, 11) is 0. The summed E-state index contributed by atoms with van der Waals surface area (Å²) in [6, 6.07) is 11.2. The lowest BCUT2D eigenvalue weighted by atomic mass is 10.2. The molecule has 6 heteroatoms. The van der Waals surface area contributed by atoms with E-state index >= 15 is 0 Å². The minimum Gasteiger partial charge on any atom is -0.354 e. The largest absolute Gasteiger partial charge is 0.354 e. The molecule has 25 heavy (non-hydrogen) atoms. The summed E-state index contributed by atoms with van der Waals surface area (Å²) in [4.78, 5) is 20.5. The first-order chi connectivity index (χ1) is 12.1. The van der Waals surface area contributed by atoms with Gasteiger partial charge in [0.05, 0.1) is 17.4 Å². The Labute approximate surface area is 151 Å². The Morgan fingerprint density at radius 1 is 1.08 bits per heavy atom. The highest BCUT2D eigenvalue weighted by Gasteiger charge is 2.07. The molecule has 0 aliphatic carbocycles. The SMILES string of the molecule is Cc1ccc(Nc2cncc(C(=O)NCc3cccnc3)c2)cc1Cl. The fourth-order valence-electron chi connectivity index (χ4n) is 2.26. The van der Waals surface area contributed by atoms with Crippen LogP contribution in [0.4, 0.5) is 11.4 Å². The average Bonchev–Trinajstić information content (AvgIpc) is 2.64. The third-order valence-electron chi connectivity index (χ3n) is 3.64. The van der Waals surface area contributed by atoms with Crippen molar-refractivity contribution in [1.29, 1.82) is 0 Å². The van der Waals surface area contributed by atoms with Crippen LogP contribution in [0.1, 0.15) is 21.5 Å². The van der Waals surface area contributed by atoms with Gasteiger partial charge in [-0.1, -0.05) is 23.7 Å². The summed E-state index contributed by atoms with van der Waals surface area (Å²) in [5.41, 5.74) is 3.98. The molecule has 0 bridgehead atoms. The number of benzene rings is 1. The fourth-order valence-corrected chi connectivity index (χ4v) is 2.44. The second-order valence-corrected chi connectivity index (χ2v) is 6.00. The second kappa shape index (κ2) is 7.77. The highest BCUT2D eigenvalue weighted by atomic mass is 35.5. The number of nitrogens with one attached hydrogen (secondary N) is 2. The Morgan fingerprint density at radius 2 is 1.96 bits per heavy atom. The van der Waals surface area contributed by atoms with Gasteiger partial charge in [-0.2, -0.15) is 0 Å². The molecule has 0 fully saturated rings. The van der Waals surface area contributed by atoms with E-state index < -0.39 is 0 Å². The van der Waals surface area contributed by atoms with Crippen molar-refractivity contribution in [3.63, 3.8) is 0 Å². The molecule has 0 saturated heterocycles. The standard InChI is InChI=1S/C19H17ClN4O/c1-13-4-5-16(8-18(13)20)24-17-7-15(11-22-12-17)19(25)23-10-14-3-2-6-21-9-14/h2-9,11-12,24H,10H2,1H3,(H,23,25). The first kappa shape index (κ1) is 16.9. The zero-order valence-electron chi connectivity index (χ0n) is 13.7. The molecule has 0 saturated carbocycles. The van der Waals surface area contributed by atoms with Crippen molar-refractivity contribution in [3.05, 3.63) is 82.9 Å². The first-order valence-corrected chi connectivity index (χ1v) is 8.15. The molecular formula is C19H17ClN4O. The van der Waals surface area contributed by atoms with E-state index in [9.17, 15) is 4.79 Å². The smallest absolute Gasteiger partial charge is 0.253 e. The van der Waals surface area contributed by atoms with Crippen molar-refractivity contribution in [2.75, 3.05) is 5.32 Å². The third-order valence-corrected chi connectivity index (χ3v) is 4.04. The lowest BCUT2D eigenvalue weighted by Crippen LogP contribution is -2.23. The van der Waals surface area contributed by atoms with Crippen LogP contribution in [0.5, 0.6) is 0 Å². The van der Waals surface area contributed by atoms with Crippen LogP contribution in [-0.4, -0.2) is 15.9 Å². The lowest BCUT2D eigenvalue weighted by Gasteiger charge is -2.09. The van der Waals surface area contributed by atoms with Crippen molar-refractivity contribution in [1.82, 2.24) is 15.3 Å². The maximum Gasteiger partial charge on any atom is 0.253 e. The normalized spacial score (nSPS) is 10.3. The molecule has 1 amide bonds. The first-order valence-electron chi connectivity index (χ1n) is 7.77. The van der Waals surface area contributed by atoms with Crippen LogP contribution >= 0.6 is 11.6 Å². The topological polar surface area (TPSA) is 66.9 Å². The maximum atomic E-state index is 12.3. The van der Waals surface area contributed by atoms with Gasteiger partial charge >= 0.3 is 0 Å². The summed E-state index contributed by atoms with van der Waals surface area (Å²) >= 11 is 6.14. The van der Waals surface area contributed by atoms with E-state index in [2.05, 4.69) is 20.6 Å². The van der Waals surface area contributed by atoms with E-state index in [0.717, 1.165) is 16.8 Å². The molecule has 0 radical (unpaired) electrons. The molecule has 0 aliphatic heterocycles. The molecule has 3 aromatic rings. The van der Waals surface area contributed by atoms with Gasteiger partial charge in [0.25, 0.3) is 5.91 Å². The second-order valence-electron chi connectivity index (χ2n) is 5.60. The van der Waals surface area contributed by atoms with Gasteiger partial charge in [-0.3, -0.25) is 14.8 Å². The van der Waals surface area contributed by atoms with E-state index in [4.69, 9.17) is 11.6 Å². The number of halogens is 1. The van der Waals surface area contributed by atoms with Crippen LogP contribution in [0.15, 0.2) is 61.2 Å². The molecule has 0 spiro atoms. The van der Waals surface area contributed by atoms with Gasteiger partial charge in [0, 0.05) is 35.8 Å². The molecule has 2 N–H and O–H groups in total. The van der Waals surface area contributed by atoms with Gasteiger partial charge in [-0.05, 0) is 42.3 Å². The summed E-state index contributed by atoms with van der Waals surface area (Å²) in [6.45, 7) is 2.36. The minimum absolute atomic E-state index is 0.193. The Balaban J connectivity index is 1.68. The summed E-state index contributed by atoms with van der Waals surface area (Å²) in [5, 5.41) is 6.74. The predicted octanol–water partition coefficient (Wildman–Crippen LogP) is 4.11. The van der Waals surface area contributed by atoms with Gasteiger partial charge in [0.2, 0.25) is 0 Å². The van der Waals surface area contributed by atoms with Crippen LogP contribution < -0.4 is 10.6 Å². The van der Waals surface area contributed by atoms with Crippen molar-refractivity contribution >= 4 is 28.9 Å². The van der Waals surface area contributed by atoms with E-state index in [1.54, 1.807) is 24.7 Å². The number of aromatic nitrogens is 2. The molecule has 2 aromatic heterocycles. The predicted molar refractivity (Wildman–Crippen MR) is 99.1 cm³/mol. The highest BCUT2D eigenvalue weighted by Crippen LogP contribution is 2.23. The van der Waals surface area contributed by atoms with Crippen LogP contribution in [0, 0.1) is 6.92 Å². The number of pyridine rings is 2. The molecule has 0 aliphatic rings. The van der Waals surface area contributed by atoms with Gasteiger partial charge in [0.15, 0.2) is 0 Å². The van der Waals surface area contributed by atoms with Gasteiger partial charge < -0.3 is 10.6 Å². The number of carbonyl (C=O) groups excluding carboxylic acids is 1. The molecule has 0 atom stereocenters. The maximum absolute atomic E-state index is 12.3. The van der Waals surface area contributed by atoms with E-state index in [0.29, 0.717) is 22.8 Å².